The number of benzene rings is 1. The van der Waals surface area contributed by atoms with Gasteiger partial charge < -0.3 is 5.32 Å². The fraction of sp³-hybridized carbons (Fsp3) is 0.273. The first-order valence-corrected chi connectivity index (χ1v) is 6.68. The van der Waals surface area contributed by atoms with E-state index in [9.17, 15) is 4.79 Å². The van der Waals surface area contributed by atoms with E-state index in [1.54, 1.807) is 0 Å². The molecule has 0 bridgehead atoms. The van der Waals surface area contributed by atoms with Crippen LogP contribution >= 0.6 is 34.5 Å². The van der Waals surface area contributed by atoms with E-state index in [1.165, 1.54) is 11.3 Å². The van der Waals surface area contributed by atoms with Gasteiger partial charge in [0.05, 0.1) is 16.1 Å². The van der Waals surface area contributed by atoms with Crippen molar-refractivity contribution in [1.29, 1.82) is 0 Å². The maximum atomic E-state index is 11.8. The van der Waals surface area contributed by atoms with Crippen molar-refractivity contribution < 1.29 is 4.79 Å². The topological polar surface area (TPSA) is 42.0 Å². The van der Waals surface area contributed by atoms with E-state index in [2.05, 4.69) is 10.3 Å². The van der Waals surface area contributed by atoms with Crippen LogP contribution < -0.4 is 5.32 Å². The third-order valence-corrected chi connectivity index (χ3v) is 4.45. The smallest absolute Gasteiger partial charge is 0.232 e. The monoisotopic (exact) mass is 286 g/mol. The fourth-order valence-electron chi connectivity index (χ4n) is 1.62. The number of thiazole rings is 1. The molecule has 0 aliphatic heterocycles. The number of hydrogen-bond acceptors (Lipinski definition) is 3. The van der Waals surface area contributed by atoms with Gasteiger partial charge in [0.1, 0.15) is 4.33 Å². The molecule has 1 aliphatic carbocycles. The molecule has 0 spiro atoms. The molecule has 1 amide bonds. The SMILES string of the molecule is O=C(Nc1nc2ccccc2s1)[C@@H]1CC1(Cl)Cl. The van der Waals surface area contributed by atoms with Crippen molar-refractivity contribution in [2.45, 2.75) is 10.8 Å². The second-order valence-electron chi connectivity index (χ2n) is 3.99. The van der Waals surface area contributed by atoms with E-state index in [-0.39, 0.29) is 11.8 Å². The third-order valence-electron chi connectivity index (χ3n) is 2.67. The molecule has 17 heavy (non-hydrogen) atoms. The molecule has 1 aromatic heterocycles. The van der Waals surface area contributed by atoms with Gasteiger partial charge in [-0.25, -0.2) is 4.98 Å². The molecule has 88 valence electrons. The molecule has 0 radical (unpaired) electrons. The number of aromatic nitrogens is 1. The summed E-state index contributed by atoms with van der Waals surface area (Å²) >= 11 is 13.1. The van der Waals surface area contributed by atoms with Gasteiger partial charge in [0.2, 0.25) is 5.91 Å². The standard InChI is InChI=1S/C11H8Cl2N2OS/c12-11(13)5-6(11)9(16)15-10-14-7-3-1-2-4-8(7)17-10/h1-4,6H,5H2,(H,14,15,16)/t6-/m0/s1. The Labute approximate surface area is 112 Å². The summed E-state index contributed by atoms with van der Waals surface area (Å²) in [5.74, 6) is -0.480. The first kappa shape index (κ1) is 11.3. The zero-order valence-electron chi connectivity index (χ0n) is 8.61. The molecule has 1 saturated carbocycles. The number of nitrogens with one attached hydrogen (secondary N) is 1. The molecule has 1 N–H and O–H groups in total. The van der Waals surface area contributed by atoms with Crippen LogP contribution in [-0.2, 0) is 4.79 Å². The van der Waals surface area contributed by atoms with Gasteiger partial charge in [-0.3, -0.25) is 4.79 Å². The first-order valence-electron chi connectivity index (χ1n) is 5.10. The minimum Gasteiger partial charge on any atom is -0.302 e. The predicted molar refractivity (Wildman–Crippen MR) is 70.8 cm³/mol. The van der Waals surface area contributed by atoms with Crippen LogP contribution in [0.2, 0.25) is 0 Å². The maximum Gasteiger partial charge on any atom is 0.232 e. The molecule has 3 rings (SSSR count). The van der Waals surface area contributed by atoms with Gasteiger partial charge in [-0.1, -0.05) is 23.5 Å². The Bertz CT molecular complexity index is 563. The molecule has 2 aromatic rings. The van der Waals surface area contributed by atoms with Gasteiger partial charge in [-0.15, -0.1) is 23.2 Å². The highest BCUT2D eigenvalue weighted by molar-refractivity contribution is 7.22. The van der Waals surface area contributed by atoms with Crippen LogP contribution in [0.5, 0.6) is 0 Å². The van der Waals surface area contributed by atoms with Gasteiger partial charge in [0, 0.05) is 0 Å². The Hall–Kier alpha value is -0.840. The lowest BCUT2D eigenvalue weighted by Gasteiger charge is -2.00. The third kappa shape index (κ3) is 2.12. The summed E-state index contributed by atoms with van der Waals surface area (Å²) in [6.07, 6.45) is 0.507. The summed E-state index contributed by atoms with van der Waals surface area (Å²) in [4.78, 5) is 16.1. The predicted octanol–water partition coefficient (Wildman–Crippen LogP) is 3.43. The van der Waals surface area contributed by atoms with Crippen LogP contribution in [0.4, 0.5) is 5.13 Å². The molecule has 1 fully saturated rings. The number of para-hydroxylation sites is 1. The molecule has 0 saturated heterocycles. The van der Waals surface area contributed by atoms with E-state index >= 15 is 0 Å². The molecule has 1 aliphatic rings. The zero-order valence-corrected chi connectivity index (χ0v) is 10.9. The van der Waals surface area contributed by atoms with Crippen molar-refractivity contribution in [2.24, 2.45) is 5.92 Å². The molecular weight excluding hydrogens is 279 g/mol. The Morgan fingerprint density at radius 1 is 1.47 bits per heavy atom. The van der Waals surface area contributed by atoms with Crippen LogP contribution in [0.25, 0.3) is 10.2 Å². The van der Waals surface area contributed by atoms with Crippen molar-refractivity contribution in [3.8, 4) is 0 Å². The van der Waals surface area contributed by atoms with Crippen LogP contribution in [0, 0.1) is 5.92 Å². The highest BCUT2D eigenvalue weighted by Gasteiger charge is 2.56. The van der Waals surface area contributed by atoms with E-state index in [0.717, 1.165) is 10.2 Å². The molecule has 1 heterocycles. The van der Waals surface area contributed by atoms with Crippen molar-refractivity contribution >= 4 is 55.8 Å². The maximum absolute atomic E-state index is 11.8. The number of hydrogen-bond donors (Lipinski definition) is 1. The van der Waals surface area contributed by atoms with E-state index < -0.39 is 4.33 Å². The number of alkyl halides is 2. The summed E-state index contributed by atoms with van der Waals surface area (Å²) in [7, 11) is 0. The Morgan fingerprint density at radius 3 is 2.82 bits per heavy atom. The number of carbonyl (C=O) groups is 1. The molecule has 6 heteroatoms. The summed E-state index contributed by atoms with van der Waals surface area (Å²) in [6.45, 7) is 0. The average molecular weight is 287 g/mol. The van der Waals surface area contributed by atoms with E-state index in [1.807, 2.05) is 24.3 Å². The summed E-state index contributed by atoms with van der Waals surface area (Å²) in [5, 5.41) is 3.34. The minimum atomic E-state index is -0.888. The number of fused-ring (bicyclic) bond motifs is 1. The minimum absolute atomic E-state index is 0.158. The van der Waals surface area contributed by atoms with Gasteiger partial charge >= 0.3 is 0 Å². The van der Waals surface area contributed by atoms with Crippen molar-refractivity contribution in [3.63, 3.8) is 0 Å². The lowest BCUT2D eigenvalue weighted by Crippen LogP contribution is -2.16. The number of halogens is 2. The van der Waals surface area contributed by atoms with Crippen LogP contribution in [0.15, 0.2) is 24.3 Å². The van der Waals surface area contributed by atoms with Crippen molar-refractivity contribution in [1.82, 2.24) is 4.98 Å². The number of carbonyl (C=O) groups excluding carboxylic acids is 1. The lowest BCUT2D eigenvalue weighted by molar-refractivity contribution is -0.117. The Morgan fingerprint density at radius 2 is 2.18 bits per heavy atom. The van der Waals surface area contributed by atoms with E-state index in [4.69, 9.17) is 23.2 Å². The molecule has 1 aromatic carbocycles. The quantitative estimate of drug-likeness (QED) is 0.860. The number of rotatable bonds is 2. The molecule has 0 unspecified atom stereocenters. The highest BCUT2D eigenvalue weighted by Crippen LogP contribution is 2.53. The van der Waals surface area contributed by atoms with Crippen molar-refractivity contribution in [2.75, 3.05) is 5.32 Å². The van der Waals surface area contributed by atoms with Crippen LogP contribution in [-0.4, -0.2) is 15.2 Å². The lowest BCUT2D eigenvalue weighted by atomic mass is 10.3. The average Bonchev–Trinajstić information content (AvgIpc) is 2.73. The highest BCUT2D eigenvalue weighted by atomic mass is 35.5. The van der Waals surface area contributed by atoms with Gasteiger partial charge in [-0.2, -0.15) is 0 Å². The summed E-state index contributed by atoms with van der Waals surface area (Å²) < 4.78 is 0.155. The first-order chi connectivity index (χ1) is 8.06. The largest absolute Gasteiger partial charge is 0.302 e. The summed E-state index contributed by atoms with van der Waals surface area (Å²) in [5.41, 5.74) is 0.881. The Balaban J connectivity index is 1.79. The van der Waals surface area contributed by atoms with Crippen LogP contribution in [0.1, 0.15) is 6.42 Å². The number of anilines is 1. The number of nitrogens with zero attached hydrogens (tertiary/aromatic N) is 1. The van der Waals surface area contributed by atoms with Crippen molar-refractivity contribution in [3.05, 3.63) is 24.3 Å². The second-order valence-corrected chi connectivity index (χ2v) is 6.57. The molecule has 3 nitrogen and oxygen atoms in total. The van der Waals surface area contributed by atoms with E-state index in [0.29, 0.717) is 11.6 Å². The fourth-order valence-corrected chi connectivity index (χ4v) is 2.99. The second kappa shape index (κ2) is 3.83. The number of amides is 1. The Kier molecular flexibility index (Phi) is 2.54. The van der Waals surface area contributed by atoms with Gasteiger partial charge in [0.25, 0.3) is 0 Å². The van der Waals surface area contributed by atoms with Gasteiger partial charge in [0.15, 0.2) is 5.13 Å². The zero-order chi connectivity index (χ0) is 12.0. The normalized spacial score (nSPS) is 21.4. The molecular formula is C11H8Cl2N2OS. The summed E-state index contributed by atoms with van der Waals surface area (Å²) in [6, 6.07) is 7.73. The van der Waals surface area contributed by atoms with Crippen LogP contribution in [0.3, 0.4) is 0 Å². The molecule has 1 atom stereocenters. The van der Waals surface area contributed by atoms with Gasteiger partial charge in [-0.05, 0) is 18.6 Å².